The lowest BCUT2D eigenvalue weighted by atomic mass is 10.1. The largest absolute Gasteiger partial charge is 0.300 e. The molecule has 2 aromatic carbocycles. The highest BCUT2D eigenvalue weighted by Crippen LogP contribution is 2.30. The Balaban J connectivity index is 2.43. The second-order valence-corrected chi connectivity index (χ2v) is 10.7. The molecule has 2 rings (SSSR count). The van der Waals surface area contributed by atoms with Crippen LogP contribution in [0.15, 0.2) is 60.7 Å². The third-order valence-corrected chi connectivity index (χ3v) is 8.18. The van der Waals surface area contributed by atoms with Crippen LogP contribution in [0.4, 0.5) is 0 Å². The smallest absolute Gasteiger partial charge is 0.130 e. The Bertz CT molecular complexity index is 560. The summed E-state index contributed by atoms with van der Waals surface area (Å²) in [5, 5.41) is 1.41. The molecule has 0 saturated carbocycles. The first-order valence-electron chi connectivity index (χ1n) is 7.11. The molecule has 0 saturated heterocycles. The summed E-state index contributed by atoms with van der Waals surface area (Å²) in [5.41, 5.74) is 1.63. The van der Waals surface area contributed by atoms with Gasteiger partial charge < -0.3 is 4.79 Å². The number of carbonyl (C=O) groups excluding carboxylic acids is 1. The van der Waals surface area contributed by atoms with E-state index in [0.717, 1.165) is 0 Å². The zero-order valence-corrected chi connectivity index (χ0v) is 13.5. The van der Waals surface area contributed by atoms with Crippen LogP contribution in [-0.4, -0.2) is 13.9 Å². The topological polar surface area (TPSA) is 17.1 Å². The van der Waals surface area contributed by atoms with Crippen LogP contribution in [0.1, 0.15) is 24.4 Å². The summed E-state index contributed by atoms with van der Waals surface area (Å²) in [6.07, 6.45) is 0.637. The van der Waals surface area contributed by atoms with E-state index >= 15 is 0 Å². The first-order valence-corrected chi connectivity index (χ1v) is 10.2. The van der Waals surface area contributed by atoms with Crippen molar-refractivity contribution in [2.75, 3.05) is 0 Å². The predicted octanol–water partition coefficient (Wildman–Crippen LogP) is 3.90. The summed E-state index contributed by atoms with van der Waals surface area (Å²) in [6.45, 7) is 6.43. The van der Waals surface area contributed by atoms with Gasteiger partial charge in [0, 0.05) is 6.42 Å². The van der Waals surface area contributed by atoms with Crippen molar-refractivity contribution < 1.29 is 4.79 Å². The molecule has 0 radical (unpaired) electrons. The van der Waals surface area contributed by atoms with Gasteiger partial charge in [-0.1, -0.05) is 78.9 Å². The van der Waals surface area contributed by atoms with Crippen LogP contribution in [0.25, 0.3) is 0 Å². The average Bonchev–Trinajstić information content (AvgIpc) is 2.46. The van der Waals surface area contributed by atoms with Crippen molar-refractivity contribution in [2.45, 2.75) is 32.0 Å². The lowest BCUT2D eigenvalue weighted by Crippen LogP contribution is -2.48. The molecule has 0 amide bonds. The average molecular weight is 282 g/mol. The third-order valence-electron chi connectivity index (χ3n) is 4.08. The summed E-state index contributed by atoms with van der Waals surface area (Å²) >= 11 is 0. The van der Waals surface area contributed by atoms with Crippen molar-refractivity contribution in [3.8, 4) is 0 Å². The molecule has 2 aromatic rings. The van der Waals surface area contributed by atoms with E-state index in [1.807, 2.05) is 6.07 Å². The van der Waals surface area contributed by atoms with Crippen molar-refractivity contribution in [3.63, 3.8) is 0 Å². The molecule has 0 fully saturated rings. The Labute approximate surface area is 122 Å². The lowest BCUT2D eigenvalue weighted by molar-refractivity contribution is -0.117. The minimum absolute atomic E-state index is 0.273. The van der Waals surface area contributed by atoms with Gasteiger partial charge in [0.05, 0.1) is 8.07 Å². The predicted molar refractivity (Wildman–Crippen MR) is 88.0 cm³/mol. The molecule has 0 aromatic heterocycles. The van der Waals surface area contributed by atoms with Crippen LogP contribution in [0, 0.1) is 0 Å². The Morgan fingerprint density at radius 2 is 1.45 bits per heavy atom. The van der Waals surface area contributed by atoms with Crippen molar-refractivity contribution >= 4 is 19.0 Å². The molecule has 1 nitrogen and oxygen atoms in total. The molecule has 20 heavy (non-hydrogen) atoms. The molecule has 1 unspecified atom stereocenters. The second kappa shape index (κ2) is 6.19. The first kappa shape index (κ1) is 14.7. The van der Waals surface area contributed by atoms with E-state index in [1.165, 1.54) is 10.8 Å². The number of hydrogen-bond donors (Lipinski definition) is 0. The number of hydrogen-bond acceptors (Lipinski definition) is 1. The highest BCUT2D eigenvalue weighted by molar-refractivity contribution is 6.91. The molecule has 0 aliphatic rings. The Hall–Kier alpha value is -1.67. The van der Waals surface area contributed by atoms with Gasteiger partial charge >= 0.3 is 0 Å². The molecule has 0 heterocycles. The molecule has 0 aliphatic carbocycles. The lowest BCUT2D eigenvalue weighted by Gasteiger charge is -2.33. The maximum atomic E-state index is 11.7. The van der Waals surface area contributed by atoms with Crippen molar-refractivity contribution in [3.05, 3.63) is 66.2 Å². The quantitative estimate of drug-likeness (QED) is 0.760. The highest BCUT2D eigenvalue weighted by Gasteiger charge is 2.35. The van der Waals surface area contributed by atoms with E-state index in [4.69, 9.17) is 0 Å². The monoisotopic (exact) mass is 282 g/mol. The maximum absolute atomic E-state index is 11.7. The van der Waals surface area contributed by atoms with Gasteiger partial charge in [0.15, 0.2) is 0 Å². The normalized spacial score (nSPS) is 12.9. The first-order chi connectivity index (χ1) is 9.51. The number of ketones is 1. The SMILES string of the molecule is CC(=O)CC(c1ccccc1)[Si](C)(C)c1ccccc1. The van der Waals surface area contributed by atoms with Crippen molar-refractivity contribution in [2.24, 2.45) is 0 Å². The number of benzene rings is 2. The summed E-state index contributed by atoms with van der Waals surface area (Å²) in [4.78, 5) is 11.7. The second-order valence-electron chi connectivity index (χ2n) is 5.96. The molecule has 0 bridgehead atoms. The van der Waals surface area contributed by atoms with E-state index in [9.17, 15) is 4.79 Å². The van der Waals surface area contributed by atoms with E-state index < -0.39 is 8.07 Å². The van der Waals surface area contributed by atoms with Gasteiger partial charge in [0.1, 0.15) is 5.78 Å². The van der Waals surface area contributed by atoms with Crippen molar-refractivity contribution in [1.29, 1.82) is 0 Å². The minimum Gasteiger partial charge on any atom is -0.300 e. The molecule has 2 heteroatoms. The number of Topliss-reactive ketones (excluding diaryl/α,β-unsaturated/α-hetero) is 1. The fourth-order valence-electron chi connectivity index (χ4n) is 2.83. The highest BCUT2D eigenvalue weighted by atomic mass is 28.3. The van der Waals surface area contributed by atoms with E-state index in [1.54, 1.807) is 6.92 Å². The molecule has 0 spiro atoms. The van der Waals surface area contributed by atoms with Crippen molar-refractivity contribution in [1.82, 2.24) is 0 Å². The van der Waals surface area contributed by atoms with E-state index in [2.05, 4.69) is 67.7 Å². The maximum Gasteiger partial charge on any atom is 0.130 e. The van der Waals surface area contributed by atoms with Crippen LogP contribution in [0.2, 0.25) is 13.1 Å². The van der Waals surface area contributed by atoms with Crippen LogP contribution in [0.3, 0.4) is 0 Å². The third kappa shape index (κ3) is 3.25. The van der Waals surface area contributed by atoms with Gasteiger partial charge in [0.2, 0.25) is 0 Å². The zero-order chi connectivity index (χ0) is 14.6. The Morgan fingerprint density at radius 3 is 1.95 bits per heavy atom. The van der Waals surface area contributed by atoms with Gasteiger partial charge in [-0.2, -0.15) is 0 Å². The Kier molecular flexibility index (Phi) is 4.56. The summed E-state index contributed by atoms with van der Waals surface area (Å²) in [7, 11) is -1.73. The van der Waals surface area contributed by atoms with Gasteiger partial charge in [-0.3, -0.25) is 0 Å². The molecule has 104 valence electrons. The molecule has 1 atom stereocenters. The Morgan fingerprint density at radius 1 is 0.950 bits per heavy atom. The van der Waals surface area contributed by atoms with Crippen LogP contribution in [-0.2, 0) is 4.79 Å². The molecule has 0 aliphatic heterocycles. The standard InChI is InChI=1S/C18H22OSi/c1-15(19)14-18(16-10-6-4-7-11-16)20(2,3)17-12-8-5-9-13-17/h4-13,18H,14H2,1-3H3. The van der Waals surface area contributed by atoms with Gasteiger partial charge in [-0.25, -0.2) is 0 Å². The minimum atomic E-state index is -1.73. The fraction of sp³-hybridized carbons (Fsp3) is 0.278. The van der Waals surface area contributed by atoms with E-state index in [0.29, 0.717) is 12.0 Å². The molecular weight excluding hydrogens is 260 g/mol. The molecular formula is C18H22OSi. The summed E-state index contributed by atoms with van der Waals surface area (Å²) in [5.74, 6) is 0.273. The van der Waals surface area contributed by atoms with Gasteiger partial charge in [0.25, 0.3) is 0 Å². The van der Waals surface area contributed by atoms with Crippen LogP contribution < -0.4 is 5.19 Å². The fourth-order valence-corrected chi connectivity index (χ4v) is 6.11. The molecule has 0 N–H and O–H groups in total. The van der Waals surface area contributed by atoms with Gasteiger partial charge in [-0.05, 0) is 18.0 Å². The number of rotatable bonds is 5. The van der Waals surface area contributed by atoms with Crippen LogP contribution in [0.5, 0.6) is 0 Å². The number of carbonyl (C=O) groups is 1. The summed E-state index contributed by atoms with van der Waals surface area (Å²) in [6, 6.07) is 21.2. The van der Waals surface area contributed by atoms with Gasteiger partial charge in [-0.15, -0.1) is 0 Å². The van der Waals surface area contributed by atoms with E-state index in [-0.39, 0.29) is 5.78 Å². The van der Waals surface area contributed by atoms with Crippen LogP contribution >= 0.6 is 0 Å². The zero-order valence-electron chi connectivity index (χ0n) is 12.5. The summed E-state index contributed by atoms with van der Waals surface area (Å²) < 4.78 is 0.